The van der Waals surface area contributed by atoms with Crippen LogP contribution in [-0.4, -0.2) is 13.0 Å². The molecule has 1 amide bonds. The van der Waals surface area contributed by atoms with Crippen molar-refractivity contribution < 1.29 is 4.79 Å². The van der Waals surface area contributed by atoms with Gasteiger partial charge in [0.15, 0.2) is 0 Å². The SMILES string of the molecule is CNC(=O)/C(C)=C(\C)N. The van der Waals surface area contributed by atoms with E-state index >= 15 is 0 Å². The first kappa shape index (κ1) is 8.01. The number of carbonyl (C=O) groups excluding carboxylic acids is 1. The van der Waals surface area contributed by atoms with E-state index in [1.165, 1.54) is 0 Å². The van der Waals surface area contributed by atoms with Gasteiger partial charge in [-0.05, 0) is 13.8 Å². The summed E-state index contributed by atoms with van der Waals surface area (Å²) in [6, 6.07) is 0. The molecule has 0 aliphatic carbocycles. The van der Waals surface area contributed by atoms with Crippen molar-refractivity contribution in [2.75, 3.05) is 7.05 Å². The van der Waals surface area contributed by atoms with Crippen molar-refractivity contribution in [1.29, 1.82) is 0 Å². The third-order valence-electron chi connectivity index (χ3n) is 1.16. The van der Waals surface area contributed by atoms with Gasteiger partial charge < -0.3 is 11.1 Å². The molecule has 0 heterocycles. The molecule has 0 saturated heterocycles. The van der Waals surface area contributed by atoms with Gasteiger partial charge in [-0.3, -0.25) is 4.79 Å². The van der Waals surface area contributed by atoms with Crippen molar-refractivity contribution in [1.82, 2.24) is 5.32 Å². The van der Waals surface area contributed by atoms with Crippen molar-refractivity contribution in [3.05, 3.63) is 11.3 Å². The predicted molar refractivity (Wildman–Crippen MR) is 36.6 cm³/mol. The van der Waals surface area contributed by atoms with E-state index in [2.05, 4.69) is 5.32 Å². The third kappa shape index (κ3) is 2.17. The molecule has 0 rings (SSSR count). The molecule has 0 radical (unpaired) electrons. The van der Waals surface area contributed by atoms with E-state index in [0.717, 1.165) is 0 Å². The van der Waals surface area contributed by atoms with Gasteiger partial charge in [-0.1, -0.05) is 0 Å². The van der Waals surface area contributed by atoms with E-state index < -0.39 is 0 Å². The lowest BCUT2D eigenvalue weighted by Gasteiger charge is -1.99. The highest BCUT2D eigenvalue weighted by Gasteiger charge is 2.00. The standard InChI is InChI=1S/C6H12N2O/c1-4(5(2)7)6(9)8-3/h7H2,1-3H3,(H,8,9)/b5-4+. The average molecular weight is 128 g/mol. The molecule has 0 atom stereocenters. The lowest BCUT2D eigenvalue weighted by molar-refractivity contribution is -0.117. The first-order valence-electron chi connectivity index (χ1n) is 2.74. The van der Waals surface area contributed by atoms with Crippen molar-refractivity contribution in [3.63, 3.8) is 0 Å². The largest absolute Gasteiger partial charge is 0.402 e. The topological polar surface area (TPSA) is 55.1 Å². The summed E-state index contributed by atoms with van der Waals surface area (Å²) in [5.41, 5.74) is 6.48. The second-order valence-electron chi connectivity index (χ2n) is 1.89. The normalized spacial score (nSPS) is 12.3. The smallest absolute Gasteiger partial charge is 0.248 e. The summed E-state index contributed by atoms with van der Waals surface area (Å²) in [4.78, 5) is 10.7. The number of nitrogens with one attached hydrogen (secondary N) is 1. The highest BCUT2D eigenvalue weighted by molar-refractivity contribution is 5.93. The molecule has 0 bridgehead atoms. The number of carbonyl (C=O) groups is 1. The van der Waals surface area contributed by atoms with Crippen LogP contribution in [0.1, 0.15) is 13.8 Å². The Morgan fingerprint density at radius 3 is 2.00 bits per heavy atom. The van der Waals surface area contributed by atoms with E-state index in [9.17, 15) is 4.79 Å². The van der Waals surface area contributed by atoms with Gasteiger partial charge in [-0.25, -0.2) is 0 Å². The van der Waals surface area contributed by atoms with Crippen molar-refractivity contribution in [3.8, 4) is 0 Å². The molecule has 0 aliphatic heterocycles. The maximum atomic E-state index is 10.7. The molecule has 0 aromatic rings. The van der Waals surface area contributed by atoms with E-state index in [1.807, 2.05) is 0 Å². The number of amides is 1. The molecule has 0 fully saturated rings. The molecular weight excluding hydrogens is 116 g/mol. The summed E-state index contributed by atoms with van der Waals surface area (Å²) in [7, 11) is 1.58. The zero-order valence-corrected chi connectivity index (χ0v) is 5.99. The number of rotatable bonds is 1. The van der Waals surface area contributed by atoms with Crippen LogP contribution in [0.5, 0.6) is 0 Å². The first-order valence-corrected chi connectivity index (χ1v) is 2.74. The molecule has 0 spiro atoms. The van der Waals surface area contributed by atoms with Crippen molar-refractivity contribution in [2.45, 2.75) is 13.8 Å². The molecular formula is C6H12N2O. The minimum Gasteiger partial charge on any atom is -0.402 e. The Morgan fingerprint density at radius 2 is 1.89 bits per heavy atom. The Labute approximate surface area is 54.9 Å². The molecule has 0 aromatic heterocycles. The summed E-state index contributed by atoms with van der Waals surface area (Å²) in [5.74, 6) is -0.116. The maximum absolute atomic E-state index is 10.7. The highest BCUT2D eigenvalue weighted by atomic mass is 16.1. The van der Waals surface area contributed by atoms with E-state index in [1.54, 1.807) is 20.9 Å². The van der Waals surface area contributed by atoms with Gasteiger partial charge in [0, 0.05) is 18.3 Å². The molecule has 3 heteroatoms. The number of hydrogen-bond acceptors (Lipinski definition) is 2. The Bertz CT molecular complexity index is 145. The summed E-state index contributed by atoms with van der Waals surface area (Å²) in [5, 5.41) is 2.47. The fraction of sp³-hybridized carbons (Fsp3) is 0.500. The van der Waals surface area contributed by atoms with Gasteiger partial charge in [0.05, 0.1) is 0 Å². The molecule has 0 saturated carbocycles. The summed E-state index contributed by atoms with van der Waals surface area (Å²) < 4.78 is 0. The third-order valence-corrected chi connectivity index (χ3v) is 1.16. The second-order valence-corrected chi connectivity index (χ2v) is 1.89. The van der Waals surface area contributed by atoms with Gasteiger partial charge in [-0.15, -0.1) is 0 Å². The minimum atomic E-state index is -0.116. The summed E-state index contributed by atoms with van der Waals surface area (Å²) in [6.07, 6.45) is 0. The molecule has 0 aliphatic rings. The Morgan fingerprint density at radius 1 is 1.44 bits per heavy atom. The van der Waals surface area contributed by atoms with Crippen LogP contribution >= 0.6 is 0 Å². The van der Waals surface area contributed by atoms with Crippen LogP contribution in [0.4, 0.5) is 0 Å². The van der Waals surface area contributed by atoms with Crippen LogP contribution in [0, 0.1) is 0 Å². The van der Waals surface area contributed by atoms with E-state index in [0.29, 0.717) is 11.3 Å². The van der Waals surface area contributed by atoms with Crippen LogP contribution in [-0.2, 0) is 4.79 Å². The van der Waals surface area contributed by atoms with Crippen molar-refractivity contribution >= 4 is 5.91 Å². The zero-order chi connectivity index (χ0) is 7.44. The maximum Gasteiger partial charge on any atom is 0.248 e. The van der Waals surface area contributed by atoms with Gasteiger partial charge in [0.2, 0.25) is 5.91 Å². The second kappa shape index (κ2) is 3.12. The van der Waals surface area contributed by atoms with Gasteiger partial charge in [0.1, 0.15) is 0 Å². The summed E-state index contributed by atoms with van der Waals surface area (Å²) in [6.45, 7) is 3.39. The number of hydrogen-bond donors (Lipinski definition) is 2. The van der Waals surface area contributed by atoms with E-state index in [-0.39, 0.29) is 5.91 Å². The lowest BCUT2D eigenvalue weighted by atomic mass is 10.2. The predicted octanol–water partition coefficient (Wildman–Crippen LogP) is -0.0150. The number of nitrogens with two attached hydrogens (primary N) is 1. The molecule has 3 nitrogen and oxygen atoms in total. The van der Waals surface area contributed by atoms with Crippen LogP contribution in [0.3, 0.4) is 0 Å². The Kier molecular flexibility index (Phi) is 2.78. The van der Waals surface area contributed by atoms with Crippen LogP contribution in [0.25, 0.3) is 0 Å². The van der Waals surface area contributed by atoms with Gasteiger partial charge in [0.25, 0.3) is 0 Å². The minimum absolute atomic E-state index is 0.116. The van der Waals surface area contributed by atoms with E-state index in [4.69, 9.17) is 5.73 Å². The number of allylic oxidation sites excluding steroid dienone is 1. The highest BCUT2D eigenvalue weighted by Crippen LogP contribution is 1.94. The van der Waals surface area contributed by atoms with Gasteiger partial charge >= 0.3 is 0 Å². The Hall–Kier alpha value is -0.990. The molecule has 52 valence electrons. The van der Waals surface area contributed by atoms with Crippen LogP contribution in [0.2, 0.25) is 0 Å². The fourth-order valence-corrected chi connectivity index (χ4v) is 0.367. The molecule has 3 N–H and O–H groups in total. The molecule has 0 unspecified atom stereocenters. The monoisotopic (exact) mass is 128 g/mol. The first-order chi connectivity index (χ1) is 4.09. The average Bonchev–Trinajstić information content (AvgIpc) is 1.84. The summed E-state index contributed by atoms with van der Waals surface area (Å²) >= 11 is 0. The molecule has 0 aromatic carbocycles. The Balaban J connectivity index is 4.21. The van der Waals surface area contributed by atoms with Crippen LogP contribution < -0.4 is 11.1 Å². The molecule has 9 heavy (non-hydrogen) atoms. The fourth-order valence-electron chi connectivity index (χ4n) is 0.367. The lowest BCUT2D eigenvalue weighted by Crippen LogP contribution is -2.20. The zero-order valence-electron chi connectivity index (χ0n) is 5.99. The van der Waals surface area contributed by atoms with Gasteiger partial charge in [-0.2, -0.15) is 0 Å². The van der Waals surface area contributed by atoms with Crippen LogP contribution in [0.15, 0.2) is 11.3 Å². The quantitative estimate of drug-likeness (QED) is 0.488. The van der Waals surface area contributed by atoms with Crippen molar-refractivity contribution in [2.24, 2.45) is 5.73 Å². The number of likely N-dealkylation sites (N-methyl/N-ethyl adjacent to an activating group) is 1.